The van der Waals surface area contributed by atoms with Gasteiger partial charge in [-0.25, -0.2) is 0 Å². The molecule has 1 aliphatic heterocycles. The van der Waals surface area contributed by atoms with Gasteiger partial charge in [0, 0.05) is 18.8 Å². The van der Waals surface area contributed by atoms with Crippen LogP contribution in [0.4, 0.5) is 17.6 Å². The number of hydrogen-bond donors (Lipinski definition) is 2. The van der Waals surface area contributed by atoms with Crippen molar-refractivity contribution in [3.05, 3.63) is 36.2 Å². The van der Waals surface area contributed by atoms with Gasteiger partial charge in [-0.3, -0.25) is 4.90 Å². The van der Waals surface area contributed by atoms with E-state index in [9.17, 15) is 0 Å². The second-order valence-electron chi connectivity index (χ2n) is 6.56. The van der Waals surface area contributed by atoms with Gasteiger partial charge < -0.3 is 11.1 Å². The lowest BCUT2D eigenvalue weighted by molar-refractivity contribution is 0.131. The molecule has 23 heavy (non-hydrogen) atoms. The molecule has 0 unspecified atom stereocenters. The number of piperidine rings is 1. The summed E-state index contributed by atoms with van der Waals surface area (Å²) in [5.74, 6) is 2.89. The first kappa shape index (κ1) is 15.7. The molecule has 2 aromatic rings. The highest BCUT2D eigenvalue weighted by Crippen LogP contribution is 2.22. The molecule has 0 aliphatic carbocycles. The van der Waals surface area contributed by atoms with Crippen LogP contribution >= 0.6 is 0 Å². The molecule has 1 aromatic heterocycles. The third-order valence-corrected chi connectivity index (χ3v) is 4.04. The van der Waals surface area contributed by atoms with Gasteiger partial charge in [0.1, 0.15) is 5.82 Å². The lowest BCUT2D eigenvalue weighted by atomic mass is 9.92. The van der Waals surface area contributed by atoms with E-state index < -0.39 is 0 Å². The summed E-state index contributed by atoms with van der Waals surface area (Å²) in [6.45, 7) is 7.47. The number of aromatic nitrogens is 3. The predicted octanol–water partition coefficient (Wildman–Crippen LogP) is 2.68. The fourth-order valence-corrected chi connectivity index (χ4v) is 3.34. The third kappa shape index (κ3) is 4.39. The quantitative estimate of drug-likeness (QED) is 0.903. The lowest BCUT2D eigenvalue weighted by Crippen LogP contribution is -2.38. The molecule has 2 heterocycles. The van der Waals surface area contributed by atoms with E-state index in [-0.39, 0.29) is 5.95 Å². The van der Waals surface area contributed by atoms with Crippen molar-refractivity contribution in [2.45, 2.75) is 26.8 Å². The van der Waals surface area contributed by atoms with Gasteiger partial charge in [0.15, 0.2) is 0 Å². The van der Waals surface area contributed by atoms with Crippen LogP contribution in [-0.2, 0) is 6.54 Å². The second-order valence-corrected chi connectivity index (χ2v) is 6.56. The van der Waals surface area contributed by atoms with E-state index in [0.717, 1.165) is 24.6 Å². The van der Waals surface area contributed by atoms with Gasteiger partial charge in [-0.2, -0.15) is 15.0 Å². The second kappa shape index (κ2) is 6.91. The van der Waals surface area contributed by atoms with Gasteiger partial charge in [-0.15, -0.1) is 0 Å². The van der Waals surface area contributed by atoms with Crippen LogP contribution in [0.15, 0.2) is 30.3 Å². The number of anilines is 3. The molecule has 122 valence electrons. The summed E-state index contributed by atoms with van der Waals surface area (Å²) >= 11 is 0. The Hall–Kier alpha value is -2.21. The molecule has 3 rings (SSSR count). The van der Waals surface area contributed by atoms with E-state index in [1.165, 1.54) is 6.42 Å². The number of nitrogens with zero attached hydrogens (tertiary/aromatic N) is 4. The molecule has 0 bridgehead atoms. The molecule has 0 spiro atoms. The normalized spacial score (nSPS) is 22.0. The van der Waals surface area contributed by atoms with Crippen molar-refractivity contribution in [1.82, 2.24) is 19.9 Å². The van der Waals surface area contributed by atoms with Crippen LogP contribution in [0.1, 0.15) is 26.1 Å². The van der Waals surface area contributed by atoms with Crippen LogP contribution in [0.3, 0.4) is 0 Å². The van der Waals surface area contributed by atoms with E-state index in [1.54, 1.807) is 0 Å². The Bertz CT molecular complexity index is 635. The summed E-state index contributed by atoms with van der Waals surface area (Å²) in [4.78, 5) is 15.4. The van der Waals surface area contributed by atoms with Crippen LogP contribution < -0.4 is 11.1 Å². The zero-order valence-electron chi connectivity index (χ0n) is 13.7. The standard InChI is InChI=1S/C17H24N6/c1-12-8-13(2)10-23(9-12)11-15-20-16(18)22-17(21-15)19-14-6-4-3-5-7-14/h3-7,12-13H,8-11H2,1-2H3,(H3,18,19,20,21,22)/t12-,13-/m0/s1. The van der Waals surface area contributed by atoms with Crippen LogP contribution in [0, 0.1) is 11.8 Å². The summed E-state index contributed by atoms with van der Waals surface area (Å²) < 4.78 is 0. The number of nitrogens with two attached hydrogens (primary N) is 1. The summed E-state index contributed by atoms with van der Waals surface area (Å²) in [6.07, 6.45) is 1.29. The zero-order chi connectivity index (χ0) is 16.2. The third-order valence-electron chi connectivity index (χ3n) is 4.04. The van der Waals surface area contributed by atoms with Gasteiger partial charge in [0.2, 0.25) is 11.9 Å². The Labute approximate surface area is 137 Å². The predicted molar refractivity (Wildman–Crippen MR) is 92.2 cm³/mol. The SMILES string of the molecule is C[C@H]1C[C@H](C)CN(Cc2nc(N)nc(Nc3ccccc3)n2)C1. The van der Waals surface area contributed by atoms with Crippen LogP contribution in [0.25, 0.3) is 0 Å². The molecule has 2 atom stereocenters. The molecule has 1 saturated heterocycles. The fraction of sp³-hybridized carbons (Fsp3) is 0.471. The van der Waals surface area contributed by atoms with Gasteiger partial charge in [-0.05, 0) is 30.4 Å². The van der Waals surface area contributed by atoms with Crippen molar-refractivity contribution in [2.24, 2.45) is 11.8 Å². The highest BCUT2D eigenvalue weighted by molar-refractivity contribution is 5.53. The minimum absolute atomic E-state index is 0.256. The van der Waals surface area contributed by atoms with Crippen molar-refractivity contribution in [3.63, 3.8) is 0 Å². The molecule has 3 N–H and O–H groups in total. The van der Waals surface area contributed by atoms with E-state index in [4.69, 9.17) is 5.73 Å². The van der Waals surface area contributed by atoms with E-state index >= 15 is 0 Å². The molecule has 0 amide bonds. The number of nitrogen functional groups attached to an aromatic ring is 1. The lowest BCUT2D eigenvalue weighted by Gasteiger charge is -2.34. The number of benzene rings is 1. The van der Waals surface area contributed by atoms with Crippen molar-refractivity contribution in [3.8, 4) is 0 Å². The molecule has 0 radical (unpaired) electrons. The monoisotopic (exact) mass is 312 g/mol. The minimum Gasteiger partial charge on any atom is -0.368 e. The topological polar surface area (TPSA) is 80.0 Å². The van der Waals surface area contributed by atoms with Crippen molar-refractivity contribution < 1.29 is 0 Å². The minimum atomic E-state index is 0.256. The maximum absolute atomic E-state index is 5.85. The van der Waals surface area contributed by atoms with E-state index in [2.05, 4.69) is 39.0 Å². The van der Waals surface area contributed by atoms with Gasteiger partial charge in [0.05, 0.1) is 6.54 Å². The molecule has 1 aromatic carbocycles. The Morgan fingerprint density at radius 1 is 1.09 bits per heavy atom. The fourth-order valence-electron chi connectivity index (χ4n) is 3.34. The Balaban J connectivity index is 1.72. The number of rotatable bonds is 4. The molecular formula is C17H24N6. The summed E-state index contributed by atoms with van der Waals surface area (Å²) in [6, 6.07) is 9.83. The Morgan fingerprint density at radius 2 is 1.78 bits per heavy atom. The van der Waals surface area contributed by atoms with Gasteiger partial charge in [0.25, 0.3) is 0 Å². The van der Waals surface area contributed by atoms with Crippen LogP contribution in [0.5, 0.6) is 0 Å². The molecule has 1 fully saturated rings. The molecule has 1 aliphatic rings. The first-order chi connectivity index (χ1) is 11.1. The highest BCUT2D eigenvalue weighted by atomic mass is 15.2. The van der Waals surface area contributed by atoms with Gasteiger partial charge in [-0.1, -0.05) is 32.0 Å². The van der Waals surface area contributed by atoms with Crippen molar-refractivity contribution in [1.29, 1.82) is 0 Å². The number of likely N-dealkylation sites (tertiary alicyclic amines) is 1. The highest BCUT2D eigenvalue weighted by Gasteiger charge is 2.22. The summed E-state index contributed by atoms with van der Waals surface area (Å²) in [5, 5.41) is 3.18. The molecular weight excluding hydrogens is 288 g/mol. The average Bonchev–Trinajstić information content (AvgIpc) is 2.46. The number of para-hydroxylation sites is 1. The van der Waals surface area contributed by atoms with E-state index in [1.807, 2.05) is 30.3 Å². The zero-order valence-corrected chi connectivity index (χ0v) is 13.7. The van der Waals surface area contributed by atoms with Crippen molar-refractivity contribution >= 4 is 17.6 Å². The Kier molecular flexibility index (Phi) is 4.71. The van der Waals surface area contributed by atoms with Crippen LogP contribution in [0.2, 0.25) is 0 Å². The van der Waals surface area contributed by atoms with Crippen molar-refractivity contribution in [2.75, 3.05) is 24.1 Å². The largest absolute Gasteiger partial charge is 0.368 e. The average molecular weight is 312 g/mol. The maximum Gasteiger partial charge on any atom is 0.232 e. The smallest absolute Gasteiger partial charge is 0.232 e. The first-order valence-electron chi connectivity index (χ1n) is 8.13. The van der Waals surface area contributed by atoms with Gasteiger partial charge >= 0.3 is 0 Å². The molecule has 6 nitrogen and oxygen atoms in total. The molecule has 6 heteroatoms. The Morgan fingerprint density at radius 3 is 2.48 bits per heavy atom. The molecule has 0 saturated carbocycles. The number of hydrogen-bond acceptors (Lipinski definition) is 6. The summed E-state index contributed by atoms with van der Waals surface area (Å²) in [5.41, 5.74) is 6.79. The summed E-state index contributed by atoms with van der Waals surface area (Å²) in [7, 11) is 0. The first-order valence-corrected chi connectivity index (χ1v) is 8.13. The van der Waals surface area contributed by atoms with E-state index in [0.29, 0.717) is 24.3 Å². The maximum atomic E-state index is 5.85. The van der Waals surface area contributed by atoms with Crippen LogP contribution in [-0.4, -0.2) is 32.9 Å². The number of nitrogens with one attached hydrogen (secondary N) is 1.